The Balaban J connectivity index is 1.23. The zero-order valence-corrected chi connectivity index (χ0v) is 16.3. The number of nitrogens with zero attached hydrogens (tertiary/aromatic N) is 5. The maximum atomic E-state index is 12.9. The Hall–Kier alpha value is -2.44. The van der Waals surface area contributed by atoms with Gasteiger partial charge in [0.1, 0.15) is 5.52 Å². The van der Waals surface area contributed by atoms with Gasteiger partial charge in [-0.1, -0.05) is 23.7 Å². The van der Waals surface area contributed by atoms with Gasteiger partial charge in [0.2, 0.25) is 0 Å². The van der Waals surface area contributed by atoms with Crippen LogP contribution < -0.4 is 0 Å². The number of amides is 1. The van der Waals surface area contributed by atoms with Gasteiger partial charge in [0.15, 0.2) is 5.65 Å². The molecule has 7 heteroatoms. The number of carbonyl (C=O) groups is 1. The molecule has 0 atom stereocenters. The predicted molar refractivity (Wildman–Crippen MR) is 108 cm³/mol. The van der Waals surface area contributed by atoms with E-state index in [1.54, 1.807) is 6.20 Å². The first-order valence-corrected chi connectivity index (χ1v) is 10.1. The van der Waals surface area contributed by atoms with Gasteiger partial charge in [-0.25, -0.2) is 9.97 Å². The summed E-state index contributed by atoms with van der Waals surface area (Å²) in [5, 5.41) is 0.762. The monoisotopic (exact) mass is 395 g/mol. The Morgan fingerprint density at radius 1 is 1.11 bits per heavy atom. The largest absolute Gasteiger partial charge is 0.336 e. The number of imidazole rings is 1. The van der Waals surface area contributed by atoms with Crippen molar-refractivity contribution < 1.29 is 4.79 Å². The number of hydrogen-bond donors (Lipinski definition) is 0. The maximum absolute atomic E-state index is 12.9. The third kappa shape index (κ3) is 3.50. The average Bonchev–Trinajstić information content (AvgIpc) is 3.47. The van der Waals surface area contributed by atoms with E-state index in [-0.39, 0.29) is 5.91 Å². The van der Waals surface area contributed by atoms with Crippen LogP contribution in [0.2, 0.25) is 5.02 Å². The van der Waals surface area contributed by atoms with Gasteiger partial charge in [-0.15, -0.1) is 0 Å². The topological polar surface area (TPSA) is 54.3 Å². The van der Waals surface area contributed by atoms with Crippen LogP contribution in [0, 0.1) is 0 Å². The summed E-state index contributed by atoms with van der Waals surface area (Å²) in [7, 11) is 0. The molecule has 2 aliphatic rings. The number of hydrogen-bond acceptors (Lipinski definition) is 4. The maximum Gasteiger partial charge on any atom is 0.255 e. The van der Waals surface area contributed by atoms with Crippen molar-refractivity contribution in [2.75, 3.05) is 26.2 Å². The number of aromatic nitrogens is 3. The molecule has 1 saturated carbocycles. The zero-order chi connectivity index (χ0) is 19.1. The van der Waals surface area contributed by atoms with Gasteiger partial charge in [-0.3, -0.25) is 9.69 Å². The molecular weight excluding hydrogens is 374 g/mol. The molecule has 2 fully saturated rings. The summed E-state index contributed by atoms with van der Waals surface area (Å²) in [5.41, 5.74) is 3.51. The van der Waals surface area contributed by atoms with Crippen LogP contribution in [0.25, 0.3) is 11.2 Å². The predicted octanol–water partition coefficient (Wildman–Crippen LogP) is 3.38. The molecule has 3 heterocycles. The molecule has 28 heavy (non-hydrogen) atoms. The first-order chi connectivity index (χ1) is 13.7. The smallest absolute Gasteiger partial charge is 0.255 e. The Morgan fingerprint density at radius 3 is 2.68 bits per heavy atom. The molecule has 1 saturated heterocycles. The zero-order valence-electron chi connectivity index (χ0n) is 15.6. The molecule has 6 nitrogen and oxygen atoms in total. The van der Waals surface area contributed by atoms with E-state index in [2.05, 4.69) is 25.5 Å². The minimum absolute atomic E-state index is 0.0396. The summed E-state index contributed by atoms with van der Waals surface area (Å²) in [5.74, 6) is 0.0396. The van der Waals surface area contributed by atoms with E-state index >= 15 is 0 Å². The summed E-state index contributed by atoms with van der Waals surface area (Å²) >= 11 is 6.07. The fourth-order valence-electron chi connectivity index (χ4n) is 3.84. The lowest BCUT2D eigenvalue weighted by atomic mass is 10.2. The highest BCUT2D eigenvalue weighted by Crippen LogP contribution is 2.36. The number of pyridine rings is 1. The van der Waals surface area contributed by atoms with Crippen LogP contribution in [0.3, 0.4) is 0 Å². The van der Waals surface area contributed by atoms with E-state index < -0.39 is 0 Å². The summed E-state index contributed by atoms with van der Waals surface area (Å²) in [6.07, 6.45) is 5.92. The van der Waals surface area contributed by atoms with Crippen molar-refractivity contribution in [3.63, 3.8) is 0 Å². The Labute approximate surface area is 168 Å². The van der Waals surface area contributed by atoms with E-state index in [9.17, 15) is 4.79 Å². The molecule has 1 aliphatic heterocycles. The fraction of sp³-hybridized carbons (Fsp3) is 0.381. The van der Waals surface area contributed by atoms with Crippen molar-refractivity contribution >= 4 is 28.7 Å². The molecular formula is C21H22ClN5O. The molecule has 3 aromatic rings. The van der Waals surface area contributed by atoms with Gasteiger partial charge >= 0.3 is 0 Å². The number of halogens is 1. The molecule has 1 aromatic carbocycles. The third-order valence-corrected chi connectivity index (χ3v) is 5.79. The van der Waals surface area contributed by atoms with Gasteiger partial charge in [0.25, 0.3) is 5.91 Å². The van der Waals surface area contributed by atoms with Gasteiger partial charge in [0.05, 0.1) is 11.9 Å². The van der Waals surface area contributed by atoms with Crippen molar-refractivity contribution in [3.8, 4) is 0 Å². The molecule has 2 aromatic heterocycles. The molecule has 0 radical (unpaired) electrons. The Bertz CT molecular complexity index is 1020. The average molecular weight is 396 g/mol. The number of carbonyl (C=O) groups excluding carboxylic acids is 1. The van der Waals surface area contributed by atoms with Crippen molar-refractivity contribution in [3.05, 3.63) is 59.0 Å². The van der Waals surface area contributed by atoms with Crippen LogP contribution in [0.4, 0.5) is 0 Å². The highest BCUT2D eigenvalue weighted by molar-refractivity contribution is 6.30. The Morgan fingerprint density at radius 2 is 1.93 bits per heavy atom. The number of fused-ring (bicyclic) bond motifs is 1. The molecule has 144 valence electrons. The van der Waals surface area contributed by atoms with E-state index in [1.807, 2.05) is 35.5 Å². The molecule has 1 amide bonds. The van der Waals surface area contributed by atoms with Crippen LogP contribution in [-0.4, -0.2) is 56.4 Å². The summed E-state index contributed by atoms with van der Waals surface area (Å²) < 4.78 is 2.12. The van der Waals surface area contributed by atoms with E-state index in [0.29, 0.717) is 24.7 Å². The van der Waals surface area contributed by atoms with Crippen molar-refractivity contribution in [1.82, 2.24) is 24.3 Å². The van der Waals surface area contributed by atoms with Gasteiger partial charge in [-0.2, -0.15) is 0 Å². The lowest BCUT2D eigenvalue weighted by Crippen LogP contribution is -2.48. The van der Waals surface area contributed by atoms with E-state index in [4.69, 9.17) is 11.6 Å². The minimum Gasteiger partial charge on any atom is -0.336 e. The van der Waals surface area contributed by atoms with Crippen LogP contribution in [-0.2, 0) is 6.54 Å². The SMILES string of the molecule is O=C(c1cnc2c(c1)ncn2C1CC1)N1CCN(Cc2cccc(Cl)c2)CC1. The summed E-state index contributed by atoms with van der Waals surface area (Å²) in [6.45, 7) is 3.99. The Kier molecular flexibility index (Phi) is 4.53. The number of rotatable bonds is 4. The van der Waals surface area contributed by atoms with Gasteiger partial charge in [-0.05, 0) is 36.6 Å². The second-order valence-corrected chi connectivity index (χ2v) is 8.08. The van der Waals surface area contributed by atoms with Crippen LogP contribution in [0.1, 0.15) is 34.8 Å². The quantitative estimate of drug-likeness (QED) is 0.679. The second-order valence-electron chi connectivity index (χ2n) is 7.65. The third-order valence-electron chi connectivity index (χ3n) is 5.55. The highest BCUT2D eigenvalue weighted by atomic mass is 35.5. The normalized spacial score (nSPS) is 18.0. The van der Waals surface area contributed by atoms with Crippen molar-refractivity contribution in [1.29, 1.82) is 0 Å². The summed E-state index contributed by atoms with van der Waals surface area (Å²) in [4.78, 5) is 26.2. The van der Waals surface area contributed by atoms with Gasteiger partial charge in [0, 0.05) is 50.0 Å². The second kappa shape index (κ2) is 7.18. The highest BCUT2D eigenvalue weighted by Gasteiger charge is 2.27. The number of piperazine rings is 1. The summed E-state index contributed by atoms with van der Waals surface area (Å²) in [6, 6.07) is 10.4. The molecule has 0 N–H and O–H groups in total. The molecule has 0 bridgehead atoms. The standard InChI is InChI=1S/C21H22ClN5O/c22-17-3-1-2-15(10-17)13-25-6-8-26(9-7-25)21(28)16-11-19-20(23-12-16)27(14-24-19)18-4-5-18/h1-3,10-12,14,18H,4-9,13H2. The lowest BCUT2D eigenvalue weighted by molar-refractivity contribution is 0.0628. The van der Waals surface area contributed by atoms with Gasteiger partial charge < -0.3 is 9.47 Å². The van der Waals surface area contributed by atoms with Crippen molar-refractivity contribution in [2.45, 2.75) is 25.4 Å². The molecule has 0 unspecified atom stereocenters. The molecule has 1 aliphatic carbocycles. The fourth-order valence-corrected chi connectivity index (χ4v) is 4.05. The lowest BCUT2D eigenvalue weighted by Gasteiger charge is -2.34. The molecule has 0 spiro atoms. The van der Waals surface area contributed by atoms with E-state index in [0.717, 1.165) is 35.8 Å². The minimum atomic E-state index is 0.0396. The van der Waals surface area contributed by atoms with Crippen LogP contribution in [0.5, 0.6) is 0 Å². The van der Waals surface area contributed by atoms with Crippen molar-refractivity contribution in [2.24, 2.45) is 0 Å². The first-order valence-electron chi connectivity index (χ1n) is 9.76. The van der Waals surface area contributed by atoms with Crippen LogP contribution >= 0.6 is 11.6 Å². The van der Waals surface area contributed by atoms with Crippen LogP contribution in [0.15, 0.2) is 42.9 Å². The first kappa shape index (κ1) is 17.6. The number of benzene rings is 1. The molecule has 5 rings (SSSR count). The van der Waals surface area contributed by atoms with E-state index in [1.165, 1.54) is 18.4 Å².